The predicted octanol–water partition coefficient (Wildman–Crippen LogP) is 5.25. The lowest BCUT2D eigenvalue weighted by Crippen LogP contribution is -2.32. The molecule has 1 N–H and O–H groups in total. The molecular weight excluding hydrogens is 486 g/mol. The normalized spacial score (nSPS) is 17.3. The number of rotatable bonds is 10. The van der Waals surface area contributed by atoms with Crippen molar-refractivity contribution >= 4 is 17.4 Å². The molecule has 0 bridgehead atoms. The van der Waals surface area contributed by atoms with E-state index < -0.39 is 17.7 Å². The van der Waals surface area contributed by atoms with Crippen molar-refractivity contribution < 1.29 is 33.6 Å². The van der Waals surface area contributed by atoms with Crippen molar-refractivity contribution in [1.82, 2.24) is 4.90 Å². The molecule has 1 aliphatic rings. The summed E-state index contributed by atoms with van der Waals surface area (Å²) in [6.07, 6.45) is -0.0699. The summed E-state index contributed by atoms with van der Waals surface area (Å²) in [5.74, 6) is 0.0332. The molecule has 0 aliphatic carbocycles. The number of Topliss-reactive ketones (excluding diaryl/α,β-unsaturated/α-hetero) is 1. The number of nitrogens with zero attached hydrogens (tertiary/aromatic N) is 1. The van der Waals surface area contributed by atoms with Gasteiger partial charge >= 0.3 is 0 Å². The molecule has 2 aromatic carbocycles. The SMILES string of the molecule is CCOc1cc(C2/C(=C(\O)c3ccc(OC)c(C(C)(C)C)c3)C(=O)C(=O)N2CCOC)ccc1OC(C)C. The summed E-state index contributed by atoms with van der Waals surface area (Å²) in [5.41, 5.74) is 1.63. The number of likely N-dealkylation sites (tertiary alicyclic amines) is 1. The largest absolute Gasteiger partial charge is 0.507 e. The van der Waals surface area contributed by atoms with E-state index in [9.17, 15) is 14.7 Å². The number of aliphatic hydroxyl groups is 1. The van der Waals surface area contributed by atoms with Gasteiger partial charge in [-0.25, -0.2) is 0 Å². The first-order valence-corrected chi connectivity index (χ1v) is 12.8. The lowest BCUT2D eigenvalue weighted by molar-refractivity contribution is -0.140. The molecule has 8 heteroatoms. The van der Waals surface area contributed by atoms with E-state index in [1.165, 1.54) is 12.0 Å². The first kappa shape index (κ1) is 29.0. The second-order valence-electron chi connectivity index (χ2n) is 10.5. The van der Waals surface area contributed by atoms with Gasteiger partial charge in [-0.2, -0.15) is 0 Å². The van der Waals surface area contributed by atoms with Gasteiger partial charge in [0.15, 0.2) is 11.5 Å². The smallest absolute Gasteiger partial charge is 0.295 e. The van der Waals surface area contributed by atoms with E-state index in [0.29, 0.717) is 35.0 Å². The third-order valence-electron chi connectivity index (χ3n) is 6.30. The Morgan fingerprint density at radius 1 is 1.03 bits per heavy atom. The fraction of sp³-hybridized carbons (Fsp3) is 0.467. The highest BCUT2D eigenvalue weighted by Gasteiger charge is 2.46. The molecule has 0 aromatic heterocycles. The van der Waals surface area contributed by atoms with Gasteiger partial charge in [-0.1, -0.05) is 26.8 Å². The zero-order valence-electron chi connectivity index (χ0n) is 23.6. The minimum atomic E-state index is -0.836. The Kier molecular flexibility index (Phi) is 9.09. The van der Waals surface area contributed by atoms with Gasteiger partial charge in [0.05, 0.1) is 38.0 Å². The number of hydrogen-bond acceptors (Lipinski definition) is 7. The average Bonchev–Trinajstić information content (AvgIpc) is 3.11. The lowest BCUT2D eigenvalue weighted by Gasteiger charge is -2.26. The van der Waals surface area contributed by atoms with Crippen molar-refractivity contribution in [1.29, 1.82) is 0 Å². The molecule has 38 heavy (non-hydrogen) atoms. The van der Waals surface area contributed by atoms with Gasteiger partial charge in [-0.05, 0) is 62.1 Å². The zero-order valence-corrected chi connectivity index (χ0v) is 23.6. The number of aliphatic hydroxyl groups excluding tert-OH is 1. The number of ether oxygens (including phenoxy) is 4. The molecule has 2 aromatic rings. The van der Waals surface area contributed by atoms with Crippen LogP contribution in [0.25, 0.3) is 5.76 Å². The fourth-order valence-corrected chi connectivity index (χ4v) is 4.56. The first-order valence-electron chi connectivity index (χ1n) is 12.8. The molecule has 8 nitrogen and oxygen atoms in total. The van der Waals surface area contributed by atoms with E-state index in [-0.39, 0.29) is 36.0 Å². The van der Waals surface area contributed by atoms with E-state index in [0.717, 1.165) is 5.56 Å². The Balaban J connectivity index is 2.23. The molecule has 3 rings (SSSR count). The summed E-state index contributed by atoms with van der Waals surface area (Å²) in [4.78, 5) is 28.0. The van der Waals surface area contributed by atoms with Crippen LogP contribution in [0, 0.1) is 0 Å². The molecule has 1 heterocycles. The maximum atomic E-state index is 13.4. The number of carbonyl (C=O) groups excluding carboxylic acids is 2. The molecule has 206 valence electrons. The minimum Gasteiger partial charge on any atom is -0.507 e. The van der Waals surface area contributed by atoms with Crippen LogP contribution in [0.2, 0.25) is 0 Å². The Hall–Kier alpha value is -3.52. The van der Waals surface area contributed by atoms with Crippen LogP contribution in [0.3, 0.4) is 0 Å². The molecule has 1 saturated heterocycles. The summed E-state index contributed by atoms with van der Waals surface area (Å²) >= 11 is 0. The van der Waals surface area contributed by atoms with Crippen LogP contribution in [0.5, 0.6) is 17.2 Å². The van der Waals surface area contributed by atoms with E-state index in [1.807, 2.05) is 41.5 Å². The molecule has 0 saturated carbocycles. The number of hydrogen-bond donors (Lipinski definition) is 1. The van der Waals surface area contributed by atoms with E-state index in [4.69, 9.17) is 18.9 Å². The third-order valence-corrected chi connectivity index (χ3v) is 6.30. The number of amides is 1. The van der Waals surface area contributed by atoms with E-state index in [2.05, 4.69) is 0 Å². The predicted molar refractivity (Wildman–Crippen MR) is 146 cm³/mol. The molecular formula is C30H39NO7. The van der Waals surface area contributed by atoms with Gasteiger partial charge in [0, 0.05) is 24.8 Å². The van der Waals surface area contributed by atoms with E-state index in [1.54, 1.807) is 43.5 Å². The monoisotopic (exact) mass is 525 g/mol. The van der Waals surface area contributed by atoms with Crippen molar-refractivity contribution in [2.24, 2.45) is 0 Å². The molecule has 1 unspecified atom stereocenters. The second-order valence-corrected chi connectivity index (χ2v) is 10.5. The molecule has 1 aliphatic heterocycles. The maximum absolute atomic E-state index is 13.4. The molecule has 1 atom stereocenters. The Bertz CT molecular complexity index is 1210. The van der Waals surface area contributed by atoms with Gasteiger partial charge in [0.2, 0.25) is 0 Å². The van der Waals surface area contributed by atoms with Crippen LogP contribution in [-0.2, 0) is 19.7 Å². The van der Waals surface area contributed by atoms with Crippen molar-refractivity contribution in [3.05, 3.63) is 58.7 Å². The first-order chi connectivity index (χ1) is 17.9. The number of benzene rings is 2. The van der Waals surface area contributed by atoms with Crippen molar-refractivity contribution in [2.75, 3.05) is 34.0 Å². The number of carbonyl (C=O) groups is 2. The minimum absolute atomic E-state index is 0.0103. The van der Waals surface area contributed by atoms with Crippen LogP contribution in [-0.4, -0.2) is 61.8 Å². The topological polar surface area (TPSA) is 94.5 Å². The standard InChI is InChI=1S/C30H39NO7/c1-9-37-24-17-19(10-13-23(24)38-18(2)3)26-25(28(33)29(34)31(26)14-15-35-7)27(32)20-11-12-22(36-8)21(16-20)30(4,5)6/h10-13,16-18,26,32H,9,14-15H2,1-8H3/b27-25+. The highest BCUT2D eigenvalue weighted by atomic mass is 16.5. The highest BCUT2D eigenvalue weighted by molar-refractivity contribution is 6.46. The van der Waals surface area contributed by atoms with Gasteiger partial charge in [-0.3, -0.25) is 9.59 Å². The van der Waals surface area contributed by atoms with Crippen LogP contribution in [0.1, 0.15) is 64.3 Å². The zero-order chi connectivity index (χ0) is 28.2. The van der Waals surface area contributed by atoms with Crippen molar-refractivity contribution in [3.63, 3.8) is 0 Å². The molecule has 1 amide bonds. The fourth-order valence-electron chi connectivity index (χ4n) is 4.56. The Labute approximate surface area is 225 Å². The van der Waals surface area contributed by atoms with Gasteiger partial charge in [0.25, 0.3) is 11.7 Å². The summed E-state index contributed by atoms with van der Waals surface area (Å²) in [6, 6.07) is 9.74. The summed E-state index contributed by atoms with van der Waals surface area (Å²) in [5, 5.41) is 11.5. The van der Waals surface area contributed by atoms with Crippen molar-refractivity contribution in [2.45, 2.75) is 59.1 Å². The number of ketones is 1. The summed E-state index contributed by atoms with van der Waals surface area (Å²) in [6.45, 7) is 12.6. The Morgan fingerprint density at radius 2 is 1.71 bits per heavy atom. The second kappa shape index (κ2) is 11.9. The van der Waals surface area contributed by atoms with Crippen molar-refractivity contribution in [3.8, 4) is 17.2 Å². The van der Waals surface area contributed by atoms with E-state index >= 15 is 0 Å². The maximum Gasteiger partial charge on any atom is 0.295 e. The molecule has 0 radical (unpaired) electrons. The highest BCUT2D eigenvalue weighted by Crippen LogP contribution is 2.43. The summed E-state index contributed by atoms with van der Waals surface area (Å²) in [7, 11) is 3.12. The number of methoxy groups -OCH3 is 2. The average molecular weight is 526 g/mol. The van der Waals surface area contributed by atoms with Crippen LogP contribution >= 0.6 is 0 Å². The summed E-state index contributed by atoms with van der Waals surface area (Å²) < 4.78 is 22.5. The molecule has 0 spiro atoms. The van der Waals surface area contributed by atoms with Crippen LogP contribution in [0.4, 0.5) is 0 Å². The van der Waals surface area contributed by atoms with Gasteiger partial charge < -0.3 is 29.0 Å². The molecule has 1 fully saturated rings. The van der Waals surface area contributed by atoms with Crippen LogP contribution < -0.4 is 14.2 Å². The van der Waals surface area contributed by atoms with Gasteiger partial charge in [0.1, 0.15) is 11.5 Å². The Morgan fingerprint density at radius 3 is 2.29 bits per heavy atom. The lowest BCUT2D eigenvalue weighted by atomic mass is 9.84. The third kappa shape index (κ3) is 5.96. The quantitative estimate of drug-likeness (QED) is 0.257. The van der Waals surface area contributed by atoms with Gasteiger partial charge in [-0.15, -0.1) is 0 Å². The van der Waals surface area contributed by atoms with Crippen LogP contribution in [0.15, 0.2) is 42.0 Å².